The van der Waals surface area contributed by atoms with Crippen LogP contribution in [0.25, 0.3) is 5.70 Å². The number of urea groups is 1. The molecular formula is C19H23N3O. The summed E-state index contributed by atoms with van der Waals surface area (Å²) in [4.78, 5) is 14.5. The van der Waals surface area contributed by atoms with Crippen LogP contribution in [0.15, 0.2) is 29.8 Å². The van der Waals surface area contributed by atoms with Crippen LogP contribution in [0.1, 0.15) is 44.2 Å². The van der Waals surface area contributed by atoms with Crippen LogP contribution in [0.3, 0.4) is 0 Å². The number of rotatable bonds is 1. The molecule has 4 nitrogen and oxygen atoms in total. The van der Waals surface area contributed by atoms with Crippen LogP contribution in [0.5, 0.6) is 0 Å². The van der Waals surface area contributed by atoms with Crippen molar-refractivity contribution in [2.75, 3.05) is 13.1 Å². The fraction of sp³-hybridized carbons (Fsp3) is 0.474. The third-order valence-corrected chi connectivity index (χ3v) is 4.83. The lowest BCUT2D eigenvalue weighted by Crippen LogP contribution is -2.43. The van der Waals surface area contributed by atoms with Crippen molar-refractivity contribution in [1.29, 1.82) is 5.26 Å². The molecule has 120 valence electrons. The van der Waals surface area contributed by atoms with E-state index in [1.54, 1.807) is 0 Å². The molecule has 1 heterocycles. The standard InChI is InChI=1S/C19H23N3O/c1-19(2)12-14-8-4-5-9-15(14)17(16(19)13-20)21-18(23)22-10-6-3-7-11-22/h4-5,8-9H,3,6-7,10-12H2,1-2H3,(H,21,23). The molecule has 0 spiro atoms. The Hall–Kier alpha value is -2.28. The zero-order valence-electron chi connectivity index (χ0n) is 13.9. The van der Waals surface area contributed by atoms with E-state index < -0.39 is 0 Å². The van der Waals surface area contributed by atoms with E-state index in [1.807, 2.05) is 23.1 Å². The Morgan fingerprint density at radius 1 is 1.22 bits per heavy atom. The topological polar surface area (TPSA) is 56.1 Å². The van der Waals surface area contributed by atoms with Gasteiger partial charge in [0.2, 0.25) is 0 Å². The Bertz CT molecular complexity index is 691. The first-order valence-corrected chi connectivity index (χ1v) is 8.32. The minimum atomic E-state index is -0.270. The predicted octanol–water partition coefficient (Wildman–Crippen LogP) is 3.70. The van der Waals surface area contributed by atoms with Crippen LogP contribution in [0, 0.1) is 16.7 Å². The highest BCUT2D eigenvalue weighted by Crippen LogP contribution is 2.41. The van der Waals surface area contributed by atoms with Crippen LogP contribution in [-0.4, -0.2) is 24.0 Å². The smallest absolute Gasteiger partial charge is 0.321 e. The maximum Gasteiger partial charge on any atom is 0.321 e. The van der Waals surface area contributed by atoms with Gasteiger partial charge >= 0.3 is 6.03 Å². The van der Waals surface area contributed by atoms with Crippen molar-refractivity contribution in [1.82, 2.24) is 10.2 Å². The average Bonchev–Trinajstić information content (AvgIpc) is 2.55. The van der Waals surface area contributed by atoms with Crippen LogP contribution in [-0.2, 0) is 6.42 Å². The van der Waals surface area contributed by atoms with E-state index in [9.17, 15) is 10.1 Å². The van der Waals surface area contributed by atoms with Crippen LogP contribution in [0.4, 0.5) is 4.79 Å². The number of carbonyl (C=O) groups excluding carboxylic acids is 1. The number of carbonyl (C=O) groups is 1. The normalized spacial score (nSPS) is 19.8. The maximum atomic E-state index is 12.6. The number of piperidine rings is 1. The second kappa shape index (κ2) is 6.08. The third-order valence-electron chi connectivity index (χ3n) is 4.83. The first-order valence-electron chi connectivity index (χ1n) is 8.32. The summed E-state index contributed by atoms with van der Waals surface area (Å²) in [6, 6.07) is 10.3. The number of amides is 2. The van der Waals surface area contributed by atoms with Crippen LogP contribution < -0.4 is 5.32 Å². The summed E-state index contributed by atoms with van der Waals surface area (Å²) >= 11 is 0. The zero-order chi connectivity index (χ0) is 16.4. The number of fused-ring (bicyclic) bond motifs is 1. The van der Waals surface area contributed by atoms with Crippen molar-refractivity contribution in [2.24, 2.45) is 5.41 Å². The maximum absolute atomic E-state index is 12.6. The molecule has 2 aliphatic rings. The van der Waals surface area contributed by atoms with E-state index in [1.165, 1.54) is 12.0 Å². The summed E-state index contributed by atoms with van der Waals surface area (Å²) in [5, 5.41) is 12.7. The van der Waals surface area contributed by atoms with Gasteiger partial charge in [-0.05, 0) is 31.2 Å². The summed E-state index contributed by atoms with van der Waals surface area (Å²) in [6.07, 6.45) is 4.11. The van der Waals surface area contributed by atoms with Crippen molar-refractivity contribution in [3.05, 3.63) is 41.0 Å². The van der Waals surface area contributed by atoms with Gasteiger partial charge in [-0.1, -0.05) is 38.1 Å². The lowest BCUT2D eigenvalue weighted by molar-refractivity contribution is 0.190. The van der Waals surface area contributed by atoms with Gasteiger partial charge in [0.1, 0.15) is 0 Å². The predicted molar refractivity (Wildman–Crippen MR) is 90.4 cm³/mol. The molecule has 0 unspecified atom stereocenters. The van der Waals surface area contributed by atoms with Gasteiger partial charge in [-0.2, -0.15) is 5.26 Å². The molecular weight excluding hydrogens is 286 g/mol. The number of nitrogens with zero attached hydrogens (tertiary/aromatic N) is 2. The summed E-state index contributed by atoms with van der Waals surface area (Å²) < 4.78 is 0. The number of nitrogens with one attached hydrogen (secondary N) is 1. The molecule has 1 aliphatic carbocycles. The summed E-state index contributed by atoms with van der Waals surface area (Å²) in [5.74, 6) is 0. The Kier molecular flexibility index (Phi) is 4.12. The second-order valence-electron chi connectivity index (χ2n) is 7.06. The SMILES string of the molecule is CC1(C)Cc2ccccc2C(NC(=O)N2CCCCC2)=C1C#N. The van der Waals surface area contributed by atoms with Gasteiger partial charge in [0, 0.05) is 24.1 Å². The highest BCUT2D eigenvalue weighted by molar-refractivity contribution is 5.89. The fourth-order valence-corrected chi connectivity index (χ4v) is 3.58. The molecule has 0 aromatic heterocycles. The number of likely N-dealkylation sites (tertiary alicyclic amines) is 1. The largest absolute Gasteiger partial charge is 0.325 e. The number of hydrogen-bond donors (Lipinski definition) is 1. The van der Waals surface area contributed by atoms with Gasteiger partial charge in [0.25, 0.3) is 0 Å². The Labute approximate surface area is 137 Å². The quantitative estimate of drug-likeness (QED) is 0.860. The molecule has 4 heteroatoms. The molecule has 2 amide bonds. The molecule has 1 aromatic rings. The van der Waals surface area contributed by atoms with Crippen LogP contribution in [0.2, 0.25) is 0 Å². The number of nitriles is 1. The molecule has 1 aromatic carbocycles. The van der Waals surface area contributed by atoms with Crippen molar-refractivity contribution in [3.8, 4) is 6.07 Å². The minimum absolute atomic E-state index is 0.0834. The summed E-state index contributed by atoms with van der Waals surface area (Å²) in [6.45, 7) is 5.72. The van der Waals surface area contributed by atoms with Gasteiger partial charge in [-0.25, -0.2) is 4.79 Å². The molecule has 0 bridgehead atoms. The monoisotopic (exact) mass is 309 g/mol. The van der Waals surface area contributed by atoms with E-state index >= 15 is 0 Å². The summed E-state index contributed by atoms with van der Waals surface area (Å²) in [5.41, 5.74) is 3.25. The second-order valence-corrected chi connectivity index (χ2v) is 7.06. The molecule has 23 heavy (non-hydrogen) atoms. The zero-order valence-corrected chi connectivity index (χ0v) is 13.9. The lowest BCUT2D eigenvalue weighted by atomic mass is 9.72. The van der Waals surface area contributed by atoms with Gasteiger partial charge < -0.3 is 10.2 Å². The molecule has 1 saturated heterocycles. The fourth-order valence-electron chi connectivity index (χ4n) is 3.58. The van der Waals surface area contributed by atoms with Crippen molar-refractivity contribution < 1.29 is 4.79 Å². The van der Waals surface area contributed by atoms with Gasteiger partial charge in [-0.15, -0.1) is 0 Å². The van der Waals surface area contributed by atoms with E-state index in [0.717, 1.165) is 37.9 Å². The van der Waals surface area contributed by atoms with Crippen molar-refractivity contribution in [3.63, 3.8) is 0 Å². The van der Waals surface area contributed by atoms with Gasteiger partial charge in [0.15, 0.2) is 0 Å². The van der Waals surface area contributed by atoms with E-state index in [0.29, 0.717) is 11.3 Å². The van der Waals surface area contributed by atoms with Gasteiger partial charge in [-0.3, -0.25) is 0 Å². The van der Waals surface area contributed by atoms with E-state index in [-0.39, 0.29) is 11.4 Å². The summed E-state index contributed by atoms with van der Waals surface area (Å²) in [7, 11) is 0. The van der Waals surface area contributed by atoms with Gasteiger partial charge in [0.05, 0.1) is 17.3 Å². The molecule has 1 fully saturated rings. The van der Waals surface area contributed by atoms with Crippen molar-refractivity contribution >= 4 is 11.7 Å². The Morgan fingerprint density at radius 2 is 1.91 bits per heavy atom. The molecule has 0 saturated carbocycles. The van der Waals surface area contributed by atoms with E-state index in [2.05, 4.69) is 31.3 Å². The third kappa shape index (κ3) is 2.96. The Balaban J connectivity index is 1.97. The van der Waals surface area contributed by atoms with Crippen LogP contribution >= 0.6 is 0 Å². The Morgan fingerprint density at radius 3 is 2.61 bits per heavy atom. The lowest BCUT2D eigenvalue weighted by Gasteiger charge is -2.34. The van der Waals surface area contributed by atoms with E-state index in [4.69, 9.17) is 0 Å². The molecule has 0 atom stereocenters. The first-order chi connectivity index (χ1) is 11.0. The highest BCUT2D eigenvalue weighted by Gasteiger charge is 2.34. The molecule has 1 N–H and O–H groups in total. The number of benzene rings is 1. The minimum Gasteiger partial charge on any atom is -0.325 e. The number of hydrogen-bond acceptors (Lipinski definition) is 2. The van der Waals surface area contributed by atoms with Crippen molar-refractivity contribution in [2.45, 2.75) is 39.5 Å². The highest BCUT2D eigenvalue weighted by atomic mass is 16.2. The first kappa shape index (κ1) is 15.6. The number of allylic oxidation sites excluding steroid dienone is 1. The molecule has 0 radical (unpaired) electrons. The molecule has 3 rings (SSSR count). The molecule has 1 aliphatic heterocycles. The average molecular weight is 309 g/mol.